The smallest absolute Gasteiger partial charge is 0.251 e. The number of fused-ring (bicyclic) bond motifs is 1. The number of carbonyl (C=O) groups excluding carboxylic acids is 2. The Balaban J connectivity index is 1.39. The van der Waals surface area contributed by atoms with E-state index in [1.54, 1.807) is 0 Å². The minimum atomic E-state index is -0.0915. The third-order valence-electron chi connectivity index (χ3n) is 6.03. The summed E-state index contributed by atoms with van der Waals surface area (Å²) in [6.45, 7) is 5.15. The average molecular weight is 407 g/mol. The van der Waals surface area contributed by atoms with Crippen molar-refractivity contribution in [2.75, 3.05) is 29.4 Å². The Bertz CT molecular complexity index is 919. The van der Waals surface area contributed by atoms with Gasteiger partial charge in [0.1, 0.15) is 5.82 Å². The van der Waals surface area contributed by atoms with Crippen LogP contribution in [0.25, 0.3) is 0 Å². The Labute approximate surface area is 178 Å². The van der Waals surface area contributed by atoms with Gasteiger partial charge in [-0.25, -0.2) is 4.98 Å². The summed E-state index contributed by atoms with van der Waals surface area (Å²) < 4.78 is 0. The van der Waals surface area contributed by atoms with Crippen LogP contribution in [0.5, 0.6) is 0 Å². The number of nitrogens with one attached hydrogen (secondary N) is 1. The molecule has 1 N–H and O–H groups in total. The van der Waals surface area contributed by atoms with Crippen molar-refractivity contribution in [1.29, 1.82) is 0 Å². The van der Waals surface area contributed by atoms with Gasteiger partial charge in [-0.3, -0.25) is 9.59 Å². The number of benzene rings is 1. The predicted molar refractivity (Wildman–Crippen MR) is 119 cm³/mol. The molecule has 0 atom stereocenters. The molecule has 0 spiro atoms. The van der Waals surface area contributed by atoms with E-state index in [9.17, 15) is 9.59 Å². The molecule has 158 valence electrons. The monoisotopic (exact) mass is 406 g/mol. The molecule has 2 amide bonds. The number of anilines is 2. The van der Waals surface area contributed by atoms with Gasteiger partial charge in [0, 0.05) is 50.0 Å². The zero-order valence-electron chi connectivity index (χ0n) is 17.7. The maximum atomic E-state index is 12.7. The molecule has 30 heavy (non-hydrogen) atoms. The Morgan fingerprint density at radius 2 is 1.83 bits per heavy atom. The molecule has 4 rings (SSSR count). The molecular formula is C24H30N4O2. The van der Waals surface area contributed by atoms with E-state index in [1.807, 2.05) is 42.3 Å². The van der Waals surface area contributed by atoms with Crippen molar-refractivity contribution >= 4 is 23.3 Å². The number of rotatable bonds is 5. The molecule has 1 aromatic carbocycles. The zero-order chi connectivity index (χ0) is 20.9. The highest BCUT2D eigenvalue weighted by Crippen LogP contribution is 2.29. The van der Waals surface area contributed by atoms with Crippen molar-refractivity contribution in [3.63, 3.8) is 0 Å². The molecule has 0 radical (unpaired) electrons. The lowest BCUT2D eigenvalue weighted by molar-refractivity contribution is -0.118. The number of amides is 2. The van der Waals surface area contributed by atoms with Crippen molar-refractivity contribution in [3.8, 4) is 0 Å². The minimum Gasteiger partial charge on any atom is -0.357 e. The van der Waals surface area contributed by atoms with E-state index in [1.165, 1.54) is 25.7 Å². The first-order valence-corrected chi connectivity index (χ1v) is 11.1. The topological polar surface area (TPSA) is 65.5 Å². The maximum absolute atomic E-state index is 12.7. The van der Waals surface area contributed by atoms with Crippen molar-refractivity contribution in [2.24, 2.45) is 0 Å². The molecule has 0 bridgehead atoms. The van der Waals surface area contributed by atoms with E-state index in [0.29, 0.717) is 25.1 Å². The number of hydrogen-bond acceptors (Lipinski definition) is 4. The highest BCUT2D eigenvalue weighted by atomic mass is 16.2. The van der Waals surface area contributed by atoms with E-state index in [4.69, 9.17) is 0 Å². The first-order chi connectivity index (χ1) is 14.7. The van der Waals surface area contributed by atoms with Gasteiger partial charge in [0.25, 0.3) is 5.91 Å². The summed E-state index contributed by atoms with van der Waals surface area (Å²) in [6.07, 6.45) is 8.12. The van der Waals surface area contributed by atoms with E-state index in [-0.39, 0.29) is 11.8 Å². The van der Waals surface area contributed by atoms with Crippen molar-refractivity contribution in [3.05, 3.63) is 53.2 Å². The summed E-state index contributed by atoms with van der Waals surface area (Å²) in [5.41, 5.74) is 3.70. The molecule has 6 nitrogen and oxygen atoms in total. The standard InChI is InChI=1S/C24H30N4O2/c1-2-23(29)28-14-10-19-16-20(7-8-21(19)28)24(30)26-17-18-9-11-25-22(15-18)27-12-5-3-4-6-13-27/h7-9,11,15-16H,2-6,10,12-14,17H2,1H3,(H,26,30). The SMILES string of the molecule is CCC(=O)N1CCc2cc(C(=O)NCc3ccnc(N4CCCCCC4)c3)ccc21. The lowest BCUT2D eigenvalue weighted by Crippen LogP contribution is -2.28. The zero-order valence-corrected chi connectivity index (χ0v) is 17.7. The Morgan fingerprint density at radius 3 is 2.60 bits per heavy atom. The van der Waals surface area contributed by atoms with Gasteiger partial charge in [-0.1, -0.05) is 19.8 Å². The van der Waals surface area contributed by atoms with Gasteiger partial charge >= 0.3 is 0 Å². The van der Waals surface area contributed by atoms with Gasteiger partial charge in [0.05, 0.1) is 0 Å². The van der Waals surface area contributed by atoms with Crippen LogP contribution < -0.4 is 15.1 Å². The lowest BCUT2D eigenvalue weighted by Gasteiger charge is -2.21. The normalized spacial score (nSPS) is 16.2. The fraction of sp³-hybridized carbons (Fsp3) is 0.458. The van der Waals surface area contributed by atoms with Gasteiger partial charge in [0.15, 0.2) is 0 Å². The van der Waals surface area contributed by atoms with Crippen LogP contribution in [0, 0.1) is 0 Å². The molecule has 3 heterocycles. The summed E-state index contributed by atoms with van der Waals surface area (Å²) in [7, 11) is 0. The Kier molecular flexibility index (Phi) is 6.31. The van der Waals surface area contributed by atoms with Gasteiger partial charge < -0.3 is 15.1 Å². The molecule has 6 heteroatoms. The molecule has 1 aromatic heterocycles. The second-order valence-corrected chi connectivity index (χ2v) is 8.10. The van der Waals surface area contributed by atoms with Crippen molar-refractivity contribution in [2.45, 2.75) is 52.0 Å². The first kappa shape index (κ1) is 20.4. The molecule has 0 saturated carbocycles. The summed E-state index contributed by atoms with van der Waals surface area (Å²) >= 11 is 0. The maximum Gasteiger partial charge on any atom is 0.251 e. The average Bonchev–Trinajstić information content (AvgIpc) is 3.01. The van der Waals surface area contributed by atoms with Gasteiger partial charge in [-0.15, -0.1) is 0 Å². The van der Waals surface area contributed by atoms with Crippen LogP contribution in [-0.4, -0.2) is 36.4 Å². The molecule has 0 unspecified atom stereocenters. The van der Waals surface area contributed by atoms with Crippen LogP contribution in [0.1, 0.15) is 60.5 Å². The number of carbonyl (C=O) groups is 2. The third-order valence-corrected chi connectivity index (χ3v) is 6.03. The fourth-order valence-corrected chi connectivity index (χ4v) is 4.32. The van der Waals surface area contributed by atoms with E-state index in [0.717, 1.165) is 42.1 Å². The largest absolute Gasteiger partial charge is 0.357 e. The van der Waals surface area contributed by atoms with Crippen LogP contribution in [-0.2, 0) is 17.8 Å². The van der Waals surface area contributed by atoms with Gasteiger partial charge in [-0.05, 0) is 60.7 Å². The second kappa shape index (κ2) is 9.28. The van der Waals surface area contributed by atoms with Crippen LogP contribution >= 0.6 is 0 Å². The van der Waals surface area contributed by atoms with Crippen LogP contribution in [0.15, 0.2) is 36.5 Å². The van der Waals surface area contributed by atoms with Gasteiger partial charge in [-0.2, -0.15) is 0 Å². The van der Waals surface area contributed by atoms with Crippen LogP contribution in [0.4, 0.5) is 11.5 Å². The van der Waals surface area contributed by atoms with Crippen LogP contribution in [0.3, 0.4) is 0 Å². The Hall–Kier alpha value is -2.89. The number of nitrogens with zero attached hydrogens (tertiary/aromatic N) is 3. The fourth-order valence-electron chi connectivity index (χ4n) is 4.32. The Morgan fingerprint density at radius 1 is 1.03 bits per heavy atom. The molecule has 1 saturated heterocycles. The third kappa shape index (κ3) is 4.48. The van der Waals surface area contributed by atoms with Gasteiger partial charge in [0.2, 0.25) is 5.91 Å². The van der Waals surface area contributed by atoms with E-state index >= 15 is 0 Å². The quantitative estimate of drug-likeness (QED) is 0.822. The molecule has 2 aliphatic rings. The van der Waals surface area contributed by atoms with Crippen LogP contribution in [0.2, 0.25) is 0 Å². The highest BCUT2D eigenvalue weighted by molar-refractivity contribution is 5.98. The summed E-state index contributed by atoms with van der Waals surface area (Å²) in [4.78, 5) is 33.5. The first-order valence-electron chi connectivity index (χ1n) is 11.1. The molecule has 0 aliphatic carbocycles. The predicted octanol–water partition coefficient (Wildman–Crippen LogP) is 3.69. The molecule has 1 fully saturated rings. The summed E-state index contributed by atoms with van der Waals surface area (Å²) in [6, 6.07) is 9.67. The number of pyridine rings is 1. The molecule has 2 aromatic rings. The van der Waals surface area contributed by atoms with Crippen molar-refractivity contribution in [1.82, 2.24) is 10.3 Å². The number of aromatic nitrogens is 1. The summed E-state index contributed by atoms with van der Waals surface area (Å²) in [5.74, 6) is 1.04. The lowest BCUT2D eigenvalue weighted by atomic mass is 10.1. The van der Waals surface area contributed by atoms with E-state index < -0.39 is 0 Å². The molecular weight excluding hydrogens is 376 g/mol. The summed E-state index contributed by atoms with van der Waals surface area (Å²) in [5, 5.41) is 3.03. The second-order valence-electron chi connectivity index (χ2n) is 8.10. The van der Waals surface area contributed by atoms with E-state index in [2.05, 4.69) is 21.3 Å². The molecule has 2 aliphatic heterocycles. The minimum absolute atomic E-state index is 0.0915. The van der Waals surface area contributed by atoms with Crippen molar-refractivity contribution < 1.29 is 9.59 Å². The highest BCUT2D eigenvalue weighted by Gasteiger charge is 2.24. The number of hydrogen-bond donors (Lipinski definition) is 1.